The smallest absolute Gasteiger partial charge is 0.356 e. The predicted octanol–water partition coefficient (Wildman–Crippen LogP) is 0.880. The van der Waals surface area contributed by atoms with Crippen LogP contribution in [-0.4, -0.2) is 68.4 Å². The van der Waals surface area contributed by atoms with Crippen molar-refractivity contribution in [3.8, 4) is 0 Å². The van der Waals surface area contributed by atoms with Crippen LogP contribution in [0.4, 0.5) is 5.95 Å². The van der Waals surface area contributed by atoms with Gasteiger partial charge in [0.25, 0.3) is 0 Å². The number of ether oxygens (including phenoxy) is 1. The van der Waals surface area contributed by atoms with Gasteiger partial charge in [0.2, 0.25) is 5.95 Å². The number of carboxylic acids is 1. The number of aliphatic hydroxyl groups is 1. The van der Waals surface area contributed by atoms with Crippen molar-refractivity contribution in [2.24, 2.45) is 0 Å². The maximum absolute atomic E-state index is 11.2. The summed E-state index contributed by atoms with van der Waals surface area (Å²) in [6.45, 7) is 4.80. The summed E-state index contributed by atoms with van der Waals surface area (Å²) in [6, 6.07) is 1.49. The fourth-order valence-electron chi connectivity index (χ4n) is 2.76. The fraction of sp³-hybridized carbons (Fsp3) is 0.444. The number of carbonyl (C=O) groups is 2. The van der Waals surface area contributed by atoms with Gasteiger partial charge < -0.3 is 19.8 Å². The summed E-state index contributed by atoms with van der Waals surface area (Å²) in [5.41, 5.74) is 1.71. The average Bonchev–Trinajstić information content (AvgIpc) is 3.14. The van der Waals surface area contributed by atoms with E-state index in [0.717, 1.165) is 0 Å². The van der Waals surface area contributed by atoms with Crippen LogP contribution in [0.25, 0.3) is 0 Å². The third-order valence-electron chi connectivity index (χ3n) is 4.18. The molecule has 0 bridgehead atoms. The molecule has 150 valence electrons. The van der Waals surface area contributed by atoms with Crippen LogP contribution in [0.2, 0.25) is 0 Å². The lowest BCUT2D eigenvalue weighted by atomic mass is 10.1. The van der Waals surface area contributed by atoms with Crippen LogP contribution in [0.1, 0.15) is 45.6 Å². The first kappa shape index (κ1) is 21.2. The number of nitrogens with zero attached hydrogens (tertiary/aromatic N) is 5. The van der Waals surface area contributed by atoms with Gasteiger partial charge in [-0.15, -0.1) is 0 Å². The molecule has 3 heterocycles. The number of anilines is 1. The van der Waals surface area contributed by atoms with Crippen molar-refractivity contribution in [3.63, 3.8) is 0 Å². The molecule has 2 aromatic rings. The number of carbonyl (C=O) groups excluding carboxylic acids is 1. The molecule has 1 aliphatic rings. The summed E-state index contributed by atoms with van der Waals surface area (Å²) < 4.78 is 4.41. The Morgan fingerprint density at radius 1 is 1.36 bits per heavy atom. The lowest BCUT2D eigenvalue weighted by Crippen LogP contribution is -2.25. The van der Waals surface area contributed by atoms with E-state index in [1.54, 1.807) is 6.92 Å². The minimum absolute atomic E-state index is 0.0707. The maximum atomic E-state index is 11.2. The molecule has 1 atom stereocenters. The number of esters is 1. The lowest BCUT2D eigenvalue weighted by Gasteiger charge is -2.17. The van der Waals surface area contributed by atoms with E-state index in [-0.39, 0.29) is 17.5 Å². The topological polar surface area (TPSA) is 139 Å². The van der Waals surface area contributed by atoms with Crippen LogP contribution >= 0.6 is 0 Å². The van der Waals surface area contributed by atoms with Gasteiger partial charge in [-0.2, -0.15) is 0 Å². The minimum Gasteiger partial charge on any atom is -0.476 e. The first-order valence-corrected chi connectivity index (χ1v) is 8.75. The molecule has 1 fully saturated rings. The molecular formula is C18H23N5O5. The Hall–Kier alpha value is -3.14. The largest absolute Gasteiger partial charge is 0.476 e. The molecule has 10 heteroatoms. The SMILES string of the molecule is CCc1c(C)nc(N2CCC(O)C2)nc1C(=O)O.COC(=O)c1ccncn1. The first-order chi connectivity index (χ1) is 13.4. The Labute approximate surface area is 162 Å². The molecule has 0 amide bonds. The van der Waals surface area contributed by atoms with Crippen LogP contribution < -0.4 is 4.90 Å². The van der Waals surface area contributed by atoms with Crippen molar-refractivity contribution in [3.05, 3.63) is 41.2 Å². The van der Waals surface area contributed by atoms with Crippen LogP contribution in [0.5, 0.6) is 0 Å². The Balaban J connectivity index is 0.000000237. The van der Waals surface area contributed by atoms with Crippen molar-refractivity contribution in [2.75, 3.05) is 25.1 Å². The van der Waals surface area contributed by atoms with Gasteiger partial charge in [-0.3, -0.25) is 0 Å². The second kappa shape index (κ2) is 9.70. The fourth-order valence-corrected chi connectivity index (χ4v) is 2.76. The molecule has 0 aliphatic carbocycles. The summed E-state index contributed by atoms with van der Waals surface area (Å²) in [4.78, 5) is 39.5. The van der Waals surface area contributed by atoms with E-state index in [1.807, 2.05) is 11.8 Å². The van der Waals surface area contributed by atoms with E-state index in [2.05, 4.69) is 24.7 Å². The van der Waals surface area contributed by atoms with Crippen molar-refractivity contribution in [1.82, 2.24) is 19.9 Å². The number of β-amino-alcohol motifs (C(OH)–C–C–N with tert-alkyl or cyclic N) is 1. The minimum atomic E-state index is -1.03. The summed E-state index contributed by atoms with van der Waals surface area (Å²) in [7, 11) is 1.31. The van der Waals surface area contributed by atoms with Crippen LogP contribution in [-0.2, 0) is 11.2 Å². The van der Waals surface area contributed by atoms with Crippen LogP contribution in [0.15, 0.2) is 18.6 Å². The molecular weight excluding hydrogens is 366 g/mol. The molecule has 2 aromatic heterocycles. The first-order valence-electron chi connectivity index (χ1n) is 8.75. The van der Waals surface area contributed by atoms with E-state index < -0.39 is 11.9 Å². The van der Waals surface area contributed by atoms with Crippen LogP contribution in [0, 0.1) is 6.92 Å². The van der Waals surface area contributed by atoms with Crippen molar-refractivity contribution >= 4 is 17.9 Å². The molecule has 0 saturated carbocycles. The summed E-state index contributed by atoms with van der Waals surface area (Å²) >= 11 is 0. The Morgan fingerprint density at radius 2 is 2.11 bits per heavy atom. The van der Waals surface area contributed by atoms with E-state index in [9.17, 15) is 19.8 Å². The Morgan fingerprint density at radius 3 is 2.61 bits per heavy atom. The number of aromatic nitrogens is 4. The highest BCUT2D eigenvalue weighted by molar-refractivity contribution is 5.88. The quantitative estimate of drug-likeness (QED) is 0.724. The molecule has 2 N–H and O–H groups in total. The molecule has 0 aromatic carbocycles. The van der Waals surface area contributed by atoms with Gasteiger partial charge in [0.05, 0.1) is 13.2 Å². The van der Waals surface area contributed by atoms with E-state index in [1.165, 1.54) is 25.7 Å². The van der Waals surface area contributed by atoms with Gasteiger partial charge in [0, 0.05) is 30.5 Å². The van der Waals surface area contributed by atoms with Crippen molar-refractivity contribution in [1.29, 1.82) is 0 Å². The van der Waals surface area contributed by atoms with Gasteiger partial charge in [0.1, 0.15) is 6.33 Å². The number of hydrogen-bond acceptors (Lipinski definition) is 9. The summed E-state index contributed by atoms with van der Waals surface area (Å²) in [5, 5.41) is 18.7. The van der Waals surface area contributed by atoms with E-state index >= 15 is 0 Å². The van der Waals surface area contributed by atoms with Crippen molar-refractivity contribution < 1.29 is 24.5 Å². The summed E-state index contributed by atoms with van der Waals surface area (Å²) in [6.07, 6.45) is 3.66. The third kappa shape index (κ3) is 5.19. The number of aromatic carboxylic acids is 1. The van der Waals surface area contributed by atoms with Crippen molar-refractivity contribution in [2.45, 2.75) is 32.8 Å². The molecule has 10 nitrogen and oxygen atoms in total. The van der Waals surface area contributed by atoms with Crippen LogP contribution in [0.3, 0.4) is 0 Å². The van der Waals surface area contributed by atoms with Gasteiger partial charge in [-0.25, -0.2) is 29.5 Å². The highest BCUT2D eigenvalue weighted by Crippen LogP contribution is 2.20. The Bertz CT molecular complexity index is 831. The zero-order valence-corrected chi connectivity index (χ0v) is 16.0. The normalized spacial score (nSPS) is 15.6. The molecule has 28 heavy (non-hydrogen) atoms. The van der Waals surface area contributed by atoms with Gasteiger partial charge in [-0.1, -0.05) is 6.92 Å². The molecule has 1 unspecified atom stereocenters. The third-order valence-corrected chi connectivity index (χ3v) is 4.18. The second-order valence-electron chi connectivity index (χ2n) is 6.07. The maximum Gasteiger partial charge on any atom is 0.356 e. The Kier molecular flexibility index (Phi) is 7.33. The number of aryl methyl sites for hydroxylation is 1. The molecule has 0 radical (unpaired) electrons. The van der Waals surface area contributed by atoms with Gasteiger partial charge in [0.15, 0.2) is 11.4 Å². The number of hydrogen-bond donors (Lipinski definition) is 2. The number of methoxy groups -OCH3 is 1. The van der Waals surface area contributed by atoms with Gasteiger partial charge in [-0.05, 0) is 25.8 Å². The van der Waals surface area contributed by atoms with E-state index in [4.69, 9.17) is 0 Å². The standard InChI is InChI=1S/C12H17N3O3.C6H6N2O2/c1-3-9-7(2)13-12(14-10(9)11(17)18)15-5-4-8(16)6-15;1-10-6(9)5-2-3-7-4-8-5/h8,16H,3-6H2,1-2H3,(H,17,18);2-4H,1H3. The second-order valence-corrected chi connectivity index (χ2v) is 6.07. The monoisotopic (exact) mass is 389 g/mol. The van der Waals surface area contributed by atoms with Gasteiger partial charge >= 0.3 is 11.9 Å². The molecule has 3 rings (SSSR count). The predicted molar refractivity (Wildman–Crippen MR) is 99.3 cm³/mol. The zero-order valence-electron chi connectivity index (χ0n) is 16.0. The number of aliphatic hydroxyl groups excluding tert-OH is 1. The zero-order chi connectivity index (χ0) is 20.7. The summed E-state index contributed by atoms with van der Waals surface area (Å²) in [5.74, 6) is -1.07. The highest BCUT2D eigenvalue weighted by atomic mass is 16.5. The lowest BCUT2D eigenvalue weighted by molar-refractivity contribution is 0.0593. The molecule has 1 aliphatic heterocycles. The molecule has 0 spiro atoms. The highest BCUT2D eigenvalue weighted by Gasteiger charge is 2.25. The average molecular weight is 389 g/mol. The molecule has 1 saturated heterocycles. The number of rotatable bonds is 4. The van der Waals surface area contributed by atoms with E-state index in [0.29, 0.717) is 43.1 Å². The number of carboxylic acid groups (broad SMARTS) is 1.